The van der Waals surface area contributed by atoms with Crippen molar-refractivity contribution >= 4 is 52.5 Å². The van der Waals surface area contributed by atoms with Gasteiger partial charge in [-0.1, -0.05) is 78.7 Å². The number of benzene rings is 4. The lowest BCUT2D eigenvalue weighted by atomic mass is 10.1. The van der Waals surface area contributed by atoms with Gasteiger partial charge in [0.1, 0.15) is 36.2 Å². The number of hydrogen-bond acceptors (Lipinski definition) is 10. The average Bonchev–Trinajstić information content (AvgIpc) is 3.14. The van der Waals surface area contributed by atoms with E-state index < -0.39 is 23.9 Å². The van der Waals surface area contributed by atoms with Gasteiger partial charge in [-0.2, -0.15) is 0 Å². The van der Waals surface area contributed by atoms with Crippen molar-refractivity contribution in [2.24, 2.45) is 0 Å². The number of halogens is 1. The van der Waals surface area contributed by atoms with Gasteiger partial charge < -0.3 is 28.4 Å². The van der Waals surface area contributed by atoms with E-state index in [9.17, 15) is 19.2 Å². The Hall–Kier alpha value is -5.95. The molecule has 0 unspecified atom stereocenters. The first kappa shape index (κ1) is 36.9. The number of carbonyl (C=O) groups excluding carboxylic acids is 4. The molecule has 0 fully saturated rings. The molecule has 0 radical (unpaired) electrons. The van der Waals surface area contributed by atoms with E-state index in [0.717, 1.165) is 28.8 Å². The van der Waals surface area contributed by atoms with E-state index in [1.807, 2.05) is 59.0 Å². The Morgan fingerprint density at radius 2 is 1.08 bits per heavy atom. The molecule has 254 valence electrons. The molecule has 0 saturated carbocycles. The third-order valence-corrected chi connectivity index (χ3v) is 7.42. The van der Waals surface area contributed by atoms with Crippen LogP contribution in [0.1, 0.15) is 5.56 Å². The van der Waals surface area contributed by atoms with Crippen LogP contribution in [0.5, 0.6) is 34.5 Å². The second-order valence-electron chi connectivity index (χ2n) is 10.1. The van der Waals surface area contributed by atoms with Crippen molar-refractivity contribution in [3.05, 3.63) is 140 Å². The van der Waals surface area contributed by atoms with Crippen molar-refractivity contribution in [3.63, 3.8) is 0 Å². The monoisotopic (exact) mass is 786 g/mol. The summed E-state index contributed by atoms with van der Waals surface area (Å²) in [6.45, 7) is 10.8. The van der Waals surface area contributed by atoms with Crippen molar-refractivity contribution in [2.75, 3.05) is 17.6 Å². The fraction of sp³-hybridized carbons (Fsp3) is 0.0769. The summed E-state index contributed by atoms with van der Waals surface area (Å²) in [5.41, 5.74) is 2.94. The minimum atomic E-state index is -0.727. The molecule has 10 nitrogen and oxygen atoms in total. The predicted molar refractivity (Wildman–Crippen MR) is 196 cm³/mol. The van der Waals surface area contributed by atoms with Gasteiger partial charge in [-0.3, -0.25) is 0 Å². The molecule has 4 aromatic rings. The van der Waals surface area contributed by atoms with E-state index in [-0.39, 0.29) is 24.7 Å². The highest BCUT2D eigenvalue weighted by Crippen LogP contribution is 2.32. The standard InChI is InChI=1S/C39H31IO10/c1-4-36(41)49-34-20-19-33(24-35(34)50-37(42)5-2)46-23-22-45-30-15-9-28(10-16-30)29-11-17-31(18-12-29)47-38(43)21-8-27-6-13-32(14-7-27)48-39(44)26(3)25-40/h4-21,24H,1-3,22-23,25H2/b21-8+. The summed E-state index contributed by atoms with van der Waals surface area (Å²) in [6.07, 6.45) is 4.89. The van der Waals surface area contributed by atoms with Crippen molar-refractivity contribution in [3.8, 4) is 45.6 Å². The maximum absolute atomic E-state index is 12.4. The third kappa shape index (κ3) is 11.3. The SMILES string of the molecule is C=CC(=O)Oc1ccc(OCCOc2ccc(-c3ccc(OC(=O)/C=C/c4ccc(OC(=O)C(=C)CI)cc4)cc3)cc2)cc1OC(=O)C=C. The molecule has 0 atom stereocenters. The molecule has 11 heteroatoms. The predicted octanol–water partition coefficient (Wildman–Crippen LogP) is 7.51. The van der Waals surface area contributed by atoms with E-state index in [4.69, 9.17) is 28.4 Å². The Bertz CT molecular complexity index is 1890. The fourth-order valence-electron chi connectivity index (χ4n) is 4.02. The van der Waals surface area contributed by atoms with Crippen LogP contribution in [-0.2, 0) is 19.2 Å². The van der Waals surface area contributed by atoms with E-state index in [1.165, 1.54) is 18.2 Å². The average molecular weight is 787 g/mol. The highest BCUT2D eigenvalue weighted by molar-refractivity contribution is 14.1. The molecule has 4 rings (SSSR count). The quantitative estimate of drug-likeness (QED) is 0.0282. The van der Waals surface area contributed by atoms with E-state index >= 15 is 0 Å². The van der Waals surface area contributed by atoms with E-state index in [2.05, 4.69) is 19.7 Å². The molecule has 0 N–H and O–H groups in total. The van der Waals surface area contributed by atoms with Gasteiger partial charge in [0.2, 0.25) is 0 Å². The number of ether oxygens (including phenoxy) is 6. The van der Waals surface area contributed by atoms with Crippen LogP contribution < -0.4 is 28.4 Å². The summed E-state index contributed by atoms with van der Waals surface area (Å²) in [4.78, 5) is 47.5. The Labute approximate surface area is 302 Å². The largest absolute Gasteiger partial charge is 0.490 e. The molecule has 0 bridgehead atoms. The lowest BCUT2D eigenvalue weighted by Crippen LogP contribution is -2.11. The highest BCUT2D eigenvalue weighted by atomic mass is 127. The second-order valence-corrected chi connectivity index (χ2v) is 10.8. The van der Waals surface area contributed by atoms with Crippen LogP contribution in [0.3, 0.4) is 0 Å². The van der Waals surface area contributed by atoms with Crippen molar-refractivity contribution in [1.29, 1.82) is 0 Å². The van der Waals surface area contributed by atoms with Crippen molar-refractivity contribution < 1.29 is 47.6 Å². The zero-order chi connectivity index (χ0) is 35.9. The number of esters is 4. The van der Waals surface area contributed by atoms with Crippen LogP contribution in [0.4, 0.5) is 0 Å². The zero-order valence-electron chi connectivity index (χ0n) is 26.7. The lowest BCUT2D eigenvalue weighted by Gasteiger charge is -2.12. The minimum absolute atomic E-state index is 0.0124. The molecule has 4 aromatic carbocycles. The maximum Gasteiger partial charge on any atom is 0.339 e. The molecule has 0 heterocycles. The van der Waals surface area contributed by atoms with Gasteiger partial charge in [-0.15, -0.1) is 0 Å². The lowest BCUT2D eigenvalue weighted by molar-refractivity contribution is -0.131. The highest BCUT2D eigenvalue weighted by Gasteiger charge is 2.13. The Kier molecular flexibility index (Phi) is 13.7. The number of carbonyl (C=O) groups is 4. The smallest absolute Gasteiger partial charge is 0.339 e. The topological polar surface area (TPSA) is 124 Å². The zero-order valence-corrected chi connectivity index (χ0v) is 28.8. The number of rotatable bonds is 16. The second kappa shape index (κ2) is 18.6. The Morgan fingerprint density at radius 1 is 0.580 bits per heavy atom. The molecule has 50 heavy (non-hydrogen) atoms. The molecule has 0 aliphatic heterocycles. The van der Waals surface area contributed by atoms with E-state index in [0.29, 0.717) is 33.0 Å². The summed E-state index contributed by atoms with van der Waals surface area (Å²) < 4.78 is 32.9. The minimum Gasteiger partial charge on any atom is -0.490 e. The molecule has 0 saturated heterocycles. The molecular formula is C39H31IO10. The summed E-state index contributed by atoms with van der Waals surface area (Å²) in [7, 11) is 0. The van der Waals surface area contributed by atoms with Gasteiger partial charge in [0, 0.05) is 34.3 Å². The van der Waals surface area contributed by atoms with Crippen LogP contribution in [0.2, 0.25) is 0 Å². The molecule has 0 aliphatic carbocycles. The van der Waals surface area contributed by atoms with Crippen molar-refractivity contribution in [1.82, 2.24) is 0 Å². The van der Waals surface area contributed by atoms with Gasteiger partial charge in [0.25, 0.3) is 0 Å². The molecule has 0 spiro atoms. The first-order valence-corrected chi connectivity index (χ1v) is 16.4. The van der Waals surface area contributed by atoms with Crippen molar-refractivity contribution in [2.45, 2.75) is 0 Å². The molecule has 0 aliphatic rings. The first-order valence-electron chi connectivity index (χ1n) is 14.9. The summed E-state index contributed by atoms with van der Waals surface area (Å²) in [6, 6.07) is 25.6. The summed E-state index contributed by atoms with van der Waals surface area (Å²) in [5, 5.41) is 0. The normalized spacial score (nSPS) is 10.4. The van der Waals surface area contributed by atoms with Crippen LogP contribution in [0.15, 0.2) is 135 Å². The summed E-state index contributed by atoms with van der Waals surface area (Å²) >= 11 is 2.04. The maximum atomic E-state index is 12.4. The van der Waals surface area contributed by atoms with E-state index in [1.54, 1.807) is 48.5 Å². The van der Waals surface area contributed by atoms with Gasteiger partial charge in [0.05, 0.1) is 0 Å². The molecule has 0 amide bonds. The molecule has 0 aromatic heterocycles. The first-order chi connectivity index (χ1) is 24.2. The fourth-order valence-corrected chi connectivity index (χ4v) is 4.33. The van der Waals surface area contributed by atoms with Gasteiger partial charge in [-0.05, 0) is 71.3 Å². The van der Waals surface area contributed by atoms with Gasteiger partial charge in [0.15, 0.2) is 11.5 Å². The van der Waals surface area contributed by atoms with Gasteiger partial charge >= 0.3 is 23.9 Å². The third-order valence-electron chi connectivity index (χ3n) is 6.50. The molecular weight excluding hydrogens is 755 g/mol. The summed E-state index contributed by atoms with van der Waals surface area (Å²) in [5.74, 6) is -0.684. The van der Waals surface area contributed by atoms with Crippen LogP contribution in [-0.4, -0.2) is 41.5 Å². The Balaban J connectivity index is 1.24. The van der Waals surface area contributed by atoms with Crippen LogP contribution in [0, 0.1) is 0 Å². The van der Waals surface area contributed by atoms with Crippen LogP contribution in [0.25, 0.3) is 17.2 Å². The number of hydrogen-bond donors (Lipinski definition) is 0. The van der Waals surface area contributed by atoms with Crippen LogP contribution >= 0.6 is 22.6 Å². The van der Waals surface area contributed by atoms with Gasteiger partial charge in [-0.25, -0.2) is 19.2 Å². The Morgan fingerprint density at radius 3 is 1.66 bits per heavy atom. The number of alkyl halides is 1.